The monoisotopic (exact) mass is 371 g/mol. The SMILES string of the molecule is Cc1cc(NC(=O)C2CCN(C(=O)C3COc4ccccc4O3)CC2)no1. The molecule has 2 amide bonds. The Morgan fingerprint density at radius 2 is 1.93 bits per heavy atom. The summed E-state index contributed by atoms with van der Waals surface area (Å²) in [6.07, 6.45) is 0.542. The molecule has 1 saturated heterocycles. The summed E-state index contributed by atoms with van der Waals surface area (Å²) < 4.78 is 16.4. The lowest BCUT2D eigenvalue weighted by Crippen LogP contribution is -2.50. The van der Waals surface area contributed by atoms with Gasteiger partial charge in [0.1, 0.15) is 12.4 Å². The number of nitrogens with one attached hydrogen (secondary N) is 1. The highest BCUT2D eigenvalue weighted by Crippen LogP contribution is 2.31. The molecule has 0 saturated carbocycles. The minimum atomic E-state index is -0.650. The minimum Gasteiger partial charge on any atom is -0.485 e. The first-order chi connectivity index (χ1) is 13.1. The Morgan fingerprint density at radius 1 is 1.19 bits per heavy atom. The molecule has 2 aromatic rings. The molecule has 3 heterocycles. The third-order valence-electron chi connectivity index (χ3n) is 4.84. The first kappa shape index (κ1) is 17.4. The van der Waals surface area contributed by atoms with Gasteiger partial charge in [0.15, 0.2) is 17.3 Å². The van der Waals surface area contributed by atoms with Gasteiger partial charge in [-0.05, 0) is 31.9 Å². The zero-order valence-electron chi connectivity index (χ0n) is 15.0. The molecule has 0 spiro atoms. The maximum atomic E-state index is 12.7. The smallest absolute Gasteiger partial charge is 0.267 e. The van der Waals surface area contributed by atoms with Crippen LogP contribution in [0.15, 0.2) is 34.9 Å². The van der Waals surface area contributed by atoms with Crippen molar-refractivity contribution in [1.82, 2.24) is 10.1 Å². The molecule has 4 rings (SSSR count). The van der Waals surface area contributed by atoms with Crippen molar-refractivity contribution < 1.29 is 23.6 Å². The zero-order valence-corrected chi connectivity index (χ0v) is 15.0. The lowest BCUT2D eigenvalue weighted by atomic mass is 9.95. The number of aryl methyl sites for hydroxylation is 1. The molecule has 142 valence electrons. The van der Waals surface area contributed by atoms with E-state index in [1.54, 1.807) is 24.0 Å². The highest BCUT2D eigenvalue weighted by atomic mass is 16.6. The Kier molecular flexibility index (Phi) is 4.70. The number of carbonyl (C=O) groups is 2. The van der Waals surface area contributed by atoms with E-state index in [0.717, 1.165) is 0 Å². The summed E-state index contributed by atoms with van der Waals surface area (Å²) in [5, 5.41) is 6.53. The van der Waals surface area contributed by atoms with Crippen LogP contribution in [0.4, 0.5) is 5.82 Å². The second-order valence-electron chi connectivity index (χ2n) is 6.78. The van der Waals surface area contributed by atoms with Crippen LogP contribution in [0.25, 0.3) is 0 Å². The average Bonchev–Trinajstić information content (AvgIpc) is 3.11. The lowest BCUT2D eigenvalue weighted by molar-refractivity contribution is -0.143. The molecule has 1 unspecified atom stereocenters. The van der Waals surface area contributed by atoms with Gasteiger partial charge in [-0.1, -0.05) is 17.3 Å². The van der Waals surface area contributed by atoms with Crippen LogP contribution in [-0.2, 0) is 9.59 Å². The number of benzene rings is 1. The molecule has 0 bridgehead atoms. The van der Waals surface area contributed by atoms with Gasteiger partial charge in [-0.15, -0.1) is 0 Å². The highest BCUT2D eigenvalue weighted by molar-refractivity contribution is 5.92. The second-order valence-corrected chi connectivity index (χ2v) is 6.78. The van der Waals surface area contributed by atoms with Crippen molar-refractivity contribution in [2.24, 2.45) is 5.92 Å². The average molecular weight is 371 g/mol. The molecular weight excluding hydrogens is 350 g/mol. The van der Waals surface area contributed by atoms with Crippen LogP contribution >= 0.6 is 0 Å². The Balaban J connectivity index is 1.30. The van der Waals surface area contributed by atoms with Gasteiger partial charge < -0.3 is 24.2 Å². The van der Waals surface area contributed by atoms with E-state index < -0.39 is 6.10 Å². The van der Waals surface area contributed by atoms with Crippen molar-refractivity contribution in [3.8, 4) is 11.5 Å². The number of hydrogen-bond donors (Lipinski definition) is 1. The van der Waals surface area contributed by atoms with E-state index in [4.69, 9.17) is 14.0 Å². The van der Waals surface area contributed by atoms with Crippen LogP contribution in [-0.4, -0.2) is 47.7 Å². The fourth-order valence-corrected chi connectivity index (χ4v) is 3.36. The number of carbonyl (C=O) groups excluding carboxylic acids is 2. The normalized spacial score (nSPS) is 19.6. The summed E-state index contributed by atoms with van der Waals surface area (Å²) in [6, 6.07) is 8.98. The molecule has 8 nitrogen and oxygen atoms in total. The van der Waals surface area contributed by atoms with E-state index in [9.17, 15) is 9.59 Å². The molecule has 1 aromatic carbocycles. The van der Waals surface area contributed by atoms with Crippen molar-refractivity contribution in [3.05, 3.63) is 36.1 Å². The van der Waals surface area contributed by atoms with Crippen LogP contribution in [0.1, 0.15) is 18.6 Å². The second kappa shape index (κ2) is 7.30. The number of aromatic nitrogens is 1. The Bertz CT molecular complexity index is 841. The van der Waals surface area contributed by atoms with E-state index in [-0.39, 0.29) is 24.3 Å². The number of rotatable bonds is 3. The van der Waals surface area contributed by atoms with E-state index >= 15 is 0 Å². The predicted octanol–water partition coefficient (Wildman–Crippen LogP) is 2.00. The molecule has 27 heavy (non-hydrogen) atoms. The number of amides is 2. The van der Waals surface area contributed by atoms with E-state index in [2.05, 4.69) is 10.5 Å². The van der Waals surface area contributed by atoms with Crippen molar-refractivity contribution in [1.29, 1.82) is 0 Å². The Labute approximate surface area is 156 Å². The Hall–Kier alpha value is -3.03. The number of para-hydroxylation sites is 2. The molecular formula is C19H21N3O5. The van der Waals surface area contributed by atoms with Gasteiger partial charge in [0, 0.05) is 25.1 Å². The van der Waals surface area contributed by atoms with Gasteiger partial charge in [0.25, 0.3) is 5.91 Å². The van der Waals surface area contributed by atoms with Crippen LogP contribution in [0, 0.1) is 12.8 Å². The summed E-state index contributed by atoms with van der Waals surface area (Å²) in [5.74, 6) is 1.94. The molecule has 0 radical (unpaired) electrons. The molecule has 0 aliphatic carbocycles. The summed E-state index contributed by atoms with van der Waals surface area (Å²) in [4.78, 5) is 26.8. The number of ether oxygens (including phenoxy) is 2. The predicted molar refractivity (Wildman–Crippen MR) is 95.5 cm³/mol. The first-order valence-corrected chi connectivity index (χ1v) is 9.01. The lowest BCUT2D eigenvalue weighted by Gasteiger charge is -2.34. The number of anilines is 1. The van der Waals surface area contributed by atoms with Gasteiger partial charge in [-0.3, -0.25) is 9.59 Å². The summed E-state index contributed by atoms with van der Waals surface area (Å²) in [7, 11) is 0. The summed E-state index contributed by atoms with van der Waals surface area (Å²) in [6.45, 7) is 2.98. The first-order valence-electron chi connectivity index (χ1n) is 9.01. The number of piperidine rings is 1. The maximum Gasteiger partial charge on any atom is 0.267 e. The summed E-state index contributed by atoms with van der Waals surface area (Å²) in [5.41, 5.74) is 0. The topological polar surface area (TPSA) is 93.9 Å². The standard InChI is InChI=1S/C19H21N3O5/c1-12-10-17(21-27-12)20-18(23)13-6-8-22(9-7-13)19(24)16-11-25-14-4-2-3-5-15(14)26-16/h2-5,10,13,16H,6-9,11H2,1H3,(H,20,21,23). The molecule has 2 aliphatic heterocycles. The van der Waals surface area contributed by atoms with E-state index in [1.165, 1.54) is 0 Å². The van der Waals surface area contributed by atoms with Crippen molar-refractivity contribution in [3.63, 3.8) is 0 Å². The molecule has 1 aromatic heterocycles. The van der Waals surface area contributed by atoms with Crippen molar-refractivity contribution in [2.75, 3.05) is 25.0 Å². The van der Waals surface area contributed by atoms with Gasteiger partial charge in [-0.25, -0.2) is 0 Å². The fourth-order valence-electron chi connectivity index (χ4n) is 3.36. The molecule has 8 heteroatoms. The van der Waals surface area contributed by atoms with E-state index in [0.29, 0.717) is 49.0 Å². The minimum absolute atomic E-state index is 0.0958. The third kappa shape index (κ3) is 3.74. The quantitative estimate of drug-likeness (QED) is 0.887. The van der Waals surface area contributed by atoms with E-state index in [1.807, 2.05) is 18.2 Å². The fraction of sp³-hybridized carbons (Fsp3) is 0.421. The van der Waals surface area contributed by atoms with Gasteiger partial charge in [0.2, 0.25) is 12.0 Å². The zero-order chi connectivity index (χ0) is 18.8. The van der Waals surface area contributed by atoms with Crippen molar-refractivity contribution >= 4 is 17.6 Å². The molecule has 1 N–H and O–H groups in total. The number of fused-ring (bicyclic) bond motifs is 1. The van der Waals surface area contributed by atoms with Crippen molar-refractivity contribution in [2.45, 2.75) is 25.9 Å². The summed E-state index contributed by atoms with van der Waals surface area (Å²) >= 11 is 0. The van der Waals surface area contributed by atoms with Gasteiger partial charge in [-0.2, -0.15) is 0 Å². The maximum absolute atomic E-state index is 12.7. The largest absolute Gasteiger partial charge is 0.485 e. The molecule has 2 aliphatic rings. The van der Waals surface area contributed by atoms with Gasteiger partial charge >= 0.3 is 0 Å². The molecule has 1 fully saturated rings. The number of nitrogens with zero attached hydrogens (tertiary/aromatic N) is 2. The van der Waals surface area contributed by atoms with Crippen LogP contribution < -0.4 is 14.8 Å². The van der Waals surface area contributed by atoms with Crippen LogP contribution in [0.5, 0.6) is 11.5 Å². The molecule has 1 atom stereocenters. The van der Waals surface area contributed by atoms with Gasteiger partial charge in [0.05, 0.1) is 0 Å². The van der Waals surface area contributed by atoms with Crippen LogP contribution in [0.3, 0.4) is 0 Å². The number of likely N-dealkylation sites (tertiary alicyclic amines) is 1. The third-order valence-corrected chi connectivity index (χ3v) is 4.84. The Morgan fingerprint density at radius 3 is 2.63 bits per heavy atom. The van der Waals surface area contributed by atoms with Crippen LogP contribution in [0.2, 0.25) is 0 Å². The highest BCUT2D eigenvalue weighted by Gasteiger charge is 2.34. The number of hydrogen-bond acceptors (Lipinski definition) is 6.